The molecule has 0 fully saturated rings. The Labute approximate surface area is 107 Å². The van der Waals surface area contributed by atoms with E-state index in [2.05, 4.69) is 25.7 Å². The Morgan fingerprint density at radius 3 is 2.00 bits per heavy atom. The first-order valence-corrected chi connectivity index (χ1v) is 7.26. The molecule has 3 N–H and O–H groups in total. The van der Waals surface area contributed by atoms with Crippen LogP contribution in [0.1, 0.15) is 59.3 Å². The van der Waals surface area contributed by atoms with Crippen molar-refractivity contribution in [3.63, 3.8) is 0 Å². The number of likely N-dealkylation sites (N-methyl/N-ethyl adjacent to an activating group) is 1. The largest absolute Gasteiger partial charge is 0.396 e. The third-order valence-electron chi connectivity index (χ3n) is 4.08. The molecule has 3 heteroatoms. The molecule has 0 bridgehead atoms. The van der Waals surface area contributed by atoms with Crippen molar-refractivity contribution in [2.45, 2.75) is 64.8 Å². The second-order valence-corrected chi connectivity index (χ2v) is 4.85. The van der Waals surface area contributed by atoms with Gasteiger partial charge >= 0.3 is 0 Å². The summed E-state index contributed by atoms with van der Waals surface area (Å²) in [7, 11) is 0. The number of aliphatic hydroxyl groups is 1. The molecule has 0 saturated heterocycles. The van der Waals surface area contributed by atoms with Crippen LogP contribution in [0.4, 0.5) is 0 Å². The van der Waals surface area contributed by atoms with Crippen LogP contribution in [0.5, 0.6) is 0 Å². The standard InChI is InChI=1S/C14H32N2O/c1-4-14(5-2,13-15)16(6-3)11-9-7-8-10-12-17/h17H,4-13,15H2,1-3H3. The molecule has 0 amide bonds. The van der Waals surface area contributed by atoms with Crippen molar-refractivity contribution in [1.82, 2.24) is 4.90 Å². The molecule has 0 saturated carbocycles. The summed E-state index contributed by atoms with van der Waals surface area (Å²) in [5.74, 6) is 0. The number of aliphatic hydroxyl groups excluding tert-OH is 1. The van der Waals surface area contributed by atoms with Gasteiger partial charge in [-0.1, -0.05) is 33.6 Å². The molecular weight excluding hydrogens is 212 g/mol. The van der Waals surface area contributed by atoms with Crippen LogP contribution in [0.2, 0.25) is 0 Å². The Morgan fingerprint density at radius 1 is 1.00 bits per heavy atom. The molecule has 0 aliphatic rings. The second kappa shape index (κ2) is 9.86. The molecule has 0 unspecified atom stereocenters. The molecule has 0 aromatic rings. The fourth-order valence-corrected chi connectivity index (χ4v) is 2.61. The number of nitrogens with zero attached hydrogens (tertiary/aromatic N) is 1. The Morgan fingerprint density at radius 2 is 1.59 bits per heavy atom. The van der Waals surface area contributed by atoms with Crippen molar-refractivity contribution in [3.8, 4) is 0 Å². The van der Waals surface area contributed by atoms with E-state index in [1.807, 2.05) is 0 Å². The van der Waals surface area contributed by atoms with Gasteiger partial charge < -0.3 is 10.8 Å². The van der Waals surface area contributed by atoms with E-state index >= 15 is 0 Å². The Hall–Kier alpha value is -0.120. The van der Waals surface area contributed by atoms with Gasteiger partial charge in [-0.25, -0.2) is 0 Å². The average Bonchev–Trinajstić information content (AvgIpc) is 2.38. The van der Waals surface area contributed by atoms with E-state index in [9.17, 15) is 0 Å². The summed E-state index contributed by atoms with van der Waals surface area (Å²) >= 11 is 0. The predicted molar refractivity (Wildman–Crippen MR) is 75.2 cm³/mol. The maximum atomic E-state index is 8.74. The van der Waals surface area contributed by atoms with Crippen LogP contribution in [0.3, 0.4) is 0 Å². The summed E-state index contributed by atoms with van der Waals surface area (Å²) in [4.78, 5) is 2.55. The minimum absolute atomic E-state index is 0.200. The summed E-state index contributed by atoms with van der Waals surface area (Å²) in [6, 6.07) is 0. The molecule has 0 radical (unpaired) electrons. The van der Waals surface area contributed by atoms with Crippen LogP contribution in [0, 0.1) is 0 Å². The van der Waals surface area contributed by atoms with E-state index in [0.717, 1.165) is 45.3 Å². The first kappa shape index (κ1) is 16.9. The SMILES string of the molecule is CCN(CCCCCCO)C(CC)(CC)CN. The lowest BCUT2D eigenvalue weighted by Gasteiger charge is -2.42. The van der Waals surface area contributed by atoms with Gasteiger partial charge in [-0.05, 0) is 38.8 Å². The molecule has 0 aliphatic carbocycles. The fraction of sp³-hybridized carbons (Fsp3) is 1.00. The normalized spacial score (nSPS) is 12.4. The molecule has 0 rings (SSSR count). The highest BCUT2D eigenvalue weighted by Crippen LogP contribution is 2.23. The summed E-state index contributed by atoms with van der Waals surface area (Å²) < 4.78 is 0. The lowest BCUT2D eigenvalue weighted by molar-refractivity contribution is 0.0884. The van der Waals surface area contributed by atoms with E-state index in [-0.39, 0.29) is 5.54 Å². The van der Waals surface area contributed by atoms with Gasteiger partial charge in [-0.15, -0.1) is 0 Å². The third-order valence-corrected chi connectivity index (χ3v) is 4.08. The number of nitrogens with two attached hydrogens (primary N) is 1. The fourth-order valence-electron chi connectivity index (χ4n) is 2.61. The first-order chi connectivity index (χ1) is 8.20. The molecule has 0 heterocycles. The maximum absolute atomic E-state index is 8.74. The van der Waals surface area contributed by atoms with Crippen LogP contribution in [-0.4, -0.2) is 41.8 Å². The highest BCUT2D eigenvalue weighted by molar-refractivity contribution is 4.88. The van der Waals surface area contributed by atoms with Crippen LogP contribution in [-0.2, 0) is 0 Å². The highest BCUT2D eigenvalue weighted by atomic mass is 16.2. The number of hydrogen-bond donors (Lipinski definition) is 2. The number of hydrogen-bond acceptors (Lipinski definition) is 3. The maximum Gasteiger partial charge on any atom is 0.0431 e. The van der Waals surface area contributed by atoms with Crippen molar-refractivity contribution in [2.75, 3.05) is 26.2 Å². The van der Waals surface area contributed by atoms with E-state index in [0.29, 0.717) is 6.61 Å². The molecule has 0 aromatic carbocycles. The van der Waals surface area contributed by atoms with Crippen LogP contribution in [0.25, 0.3) is 0 Å². The minimum Gasteiger partial charge on any atom is -0.396 e. The van der Waals surface area contributed by atoms with Gasteiger partial charge in [0, 0.05) is 18.7 Å². The van der Waals surface area contributed by atoms with Gasteiger partial charge in [0.2, 0.25) is 0 Å². The van der Waals surface area contributed by atoms with Crippen molar-refractivity contribution in [2.24, 2.45) is 5.73 Å². The zero-order chi connectivity index (χ0) is 13.1. The molecule has 0 aliphatic heterocycles. The van der Waals surface area contributed by atoms with Crippen molar-refractivity contribution >= 4 is 0 Å². The van der Waals surface area contributed by atoms with Crippen molar-refractivity contribution in [1.29, 1.82) is 0 Å². The van der Waals surface area contributed by atoms with Gasteiger partial charge in [0.1, 0.15) is 0 Å². The Kier molecular flexibility index (Phi) is 9.79. The van der Waals surface area contributed by atoms with E-state index in [1.54, 1.807) is 0 Å². The zero-order valence-corrected chi connectivity index (χ0v) is 12.0. The molecule has 17 heavy (non-hydrogen) atoms. The van der Waals surface area contributed by atoms with Gasteiger partial charge in [-0.3, -0.25) is 4.90 Å². The molecular formula is C14H32N2O. The molecule has 104 valence electrons. The van der Waals surface area contributed by atoms with Crippen LogP contribution in [0.15, 0.2) is 0 Å². The summed E-state index contributed by atoms with van der Waals surface area (Å²) in [5, 5.41) is 8.74. The minimum atomic E-state index is 0.200. The average molecular weight is 244 g/mol. The molecule has 0 aromatic heterocycles. The molecule has 3 nitrogen and oxygen atoms in total. The lowest BCUT2D eigenvalue weighted by Crippen LogP contribution is -2.53. The molecule has 0 atom stereocenters. The van der Waals surface area contributed by atoms with Crippen molar-refractivity contribution in [3.05, 3.63) is 0 Å². The summed E-state index contributed by atoms with van der Waals surface area (Å²) in [6.45, 7) is 10.0. The van der Waals surface area contributed by atoms with E-state index < -0.39 is 0 Å². The van der Waals surface area contributed by atoms with Gasteiger partial charge in [-0.2, -0.15) is 0 Å². The number of unbranched alkanes of at least 4 members (excludes halogenated alkanes) is 3. The van der Waals surface area contributed by atoms with Gasteiger partial charge in [0.05, 0.1) is 0 Å². The van der Waals surface area contributed by atoms with Gasteiger partial charge in [0.15, 0.2) is 0 Å². The lowest BCUT2D eigenvalue weighted by atomic mass is 9.90. The van der Waals surface area contributed by atoms with Crippen molar-refractivity contribution < 1.29 is 5.11 Å². The second-order valence-electron chi connectivity index (χ2n) is 4.85. The monoisotopic (exact) mass is 244 g/mol. The van der Waals surface area contributed by atoms with Gasteiger partial charge in [0.25, 0.3) is 0 Å². The first-order valence-electron chi connectivity index (χ1n) is 7.26. The Balaban J connectivity index is 4.11. The smallest absolute Gasteiger partial charge is 0.0431 e. The topological polar surface area (TPSA) is 49.5 Å². The number of rotatable bonds is 11. The van der Waals surface area contributed by atoms with E-state index in [1.165, 1.54) is 12.8 Å². The predicted octanol–water partition coefficient (Wildman–Crippen LogP) is 2.38. The summed E-state index contributed by atoms with van der Waals surface area (Å²) in [6.07, 6.45) is 6.77. The van der Waals surface area contributed by atoms with Crippen LogP contribution >= 0.6 is 0 Å². The van der Waals surface area contributed by atoms with E-state index in [4.69, 9.17) is 10.8 Å². The third kappa shape index (κ3) is 5.36. The quantitative estimate of drug-likeness (QED) is 0.549. The zero-order valence-electron chi connectivity index (χ0n) is 12.0. The molecule has 0 spiro atoms. The Bertz CT molecular complexity index is 161. The highest BCUT2D eigenvalue weighted by Gasteiger charge is 2.30. The van der Waals surface area contributed by atoms with Crippen LogP contribution < -0.4 is 5.73 Å². The summed E-state index contributed by atoms with van der Waals surface area (Å²) in [5.41, 5.74) is 6.18.